The van der Waals surface area contributed by atoms with E-state index in [0.717, 1.165) is 5.69 Å². The number of rotatable bonds is 6. The van der Waals surface area contributed by atoms with Crippen LogP contribution in [-0.4, -0.2) is 45.6 Å². The van der Waals surface area contributed by atoms with Gasteiger partial charge in [-0.3, -0.25) is 14.5 Å². The standard InChI is InChI=1S/C21H17N3O4/c25-19-17-5-1-2-6-18(17)20(26)23(19)12-4-14-28-21(27)15-7-9-16(10-8-15)24-13-3-11-22-24/h1-3,5-11,13H,4,12,14H2. The zero-order valence-electron chi connectivity index (χ0n) is 14.9. The second-order valence-corrected chi connectivity index (χ2v) is 6.29. The molecule has 0 N–H and O–H groups in total. The first-order chi connectivity index (χ1) is 13.6. The van der Waals surface area contributed by atoms with Crippen molar-refractivity contribution in [1.29, 1.82) is 0 Å². The fourth-order valence-corrected chi connectivity index (χ4v) is 3.08. The number of ether oxygens (including phenoxy) is 1. The summed E-state index contributed by atoms with van der Waals surface area (Å²) in [6, 6.07) is 15.5. The molecular weight excluding hydrogens is 358 g/mol. The minimum Gasteiger partial charge on any atom is -0.462 e. The summed E-state index contributed by atoms with van der Waals surface area (Å²) in [5.74, 6) is -1.06. The maximum atomic E-state index is 12.3. The lowest BCUT2D eigenvalue weighted by atomic mass is 10.1. The Morgan fingerprint density at radius 3 is 2.21 bits per heavy atom. The molecule has 0 aliphatic carbocycles. The summed E-state index contributed by atoms with van der Waals surface area (Å²) in [6.07, 6.45) is 3.87. The SMILES string of the molecule is O=C(OCCCN1C(=O)c2ccccc2C1=O)c1ccc(-n2cccn2)cc1. The third-order valence-electron chi connectivity index (χ3n) is 4.51. The van der Waals surface area contributed by atoms with Crippen LogP contribution in [0.4, 0.5) is 0 Å². The maximum Gasteiger partial charge on any atom is 0.338 e. The summed E-state index contributed by atoms with van der Waals surface area (Å²) in [7, 11) is 0. The Morgan fingerprint density at radius 2 is 1.61 bits per heavy atom. The fourth-order valence-electron chi connectivity index (χ4n) is 3.08. The zero-order chi connectivity index (χ0) is 19.5. The quantitative estimate of drug-likeness (QED) is 0.376. The molecule has 2 amide bonds. The van der Waals surface area contributed by atoms with E-state index in [-0.39, 0.29) is 25.0 Å². The van der Waals surface area contributed by atoms with Gasteiger partial charge in [0.05, 0.1) is 29.0 Å². The van der Waals surface area contributed by atoms with Gasteiger partial charge in [-0.25, -0.2) is 9.48 Å². The molecule has 0 radical (unpaired) electrons. The minimum atomic E-state index is -0.450. The molecule has 0 fully saturated rings. The molecule has 3 aromatic rings. The lowest BCUT2D eigenvalue weighted by Gasteiger charge is -2.13. The fraction of sp³-hybridized carbons (Fsp3) is 0.143. The first-order valence-corrected chi connectivity index (χ1v) is 8.87. The molecule has 1 aliphatic rings. The normalized spacial score (nSPS) is 12.9. The molecule has 7 heteroatoms. The monoisotopic (exact) mass is 375 g/mol. The molecule has 28 heavy (non-hydrogen) atoms. The largest absolute Gasteiger partial charge is 0.462 e. The van der Waals surface area contributed by atoms with Crippen LogP contribution < -0.4 is 0 Å². The summed E-state index contributed by atoms with van der Waals surface area (Å²) >= 11 is 0. The highest BCUT2D eigenvalue weighted by Gasteiger charge is 2.34. The molecule has 4 rings (SSSR count). The number of aromatic nitrogens is 2. The molecule has 1 aromatic heterocycles. The van der Waals surface area contributed by atoms with Crippen LogP contribution in [0.15, 0.2) is 67.0 Å². The van der Waals surface area contributed by atoms with Gasteiger partial charge < -0.3 is 4.74 Å². The molecule has 140 valence electrons. The summed E-state index contributed by atoms with van der Waals surface area (Å²) in [5, 5.41) is 4.13. The Balaban J connectivity index is 1.28. The lowest BCUT2D eigenvalue weighted by molar-refractivity contribution is 0.0482. The van der Waals surface area contributed by atoms with E-state index in [4.69, 9.17) is 4.74 Å². The van der Waals surface area contributed by atoms with Crippen LogP contribution in [-0.2, 0) is 4.74 Å². The van der Waals surface area contributed by atoms with Crippen LogP contribution in [0.2, 0.25) is 0 Å². The number of hydrogen-bond acceptors (Lipinski definition) is 5. The Labute approximate surface area is 161 Å². The molecule has 0 saturated heterocycles. The number of amides is 2. The van der Waals surface area contributed by atoms with Crippen molar-refractivity contribution in [3.8, 4) is 5.69 Å². The number of esters is 1. The van der Waals surface area contributed by atoms with Gasteiger partial charge in [0.25, 0.3) is 11.8 Å². The topological polar surface area (TPSA) is 81.5 Å². The predicted octanol–water partition coefficient (Wildman–Crippen LogP) is 2.72. The average molecular weight is 375 g/mol. The summed E-state index contributed by atoms with van der Waals surface area (Å²) < 4.78 is 6.95. The molecule has 7 nitrogen and oxygen atoms in total. The highest BCUT2D eigenvalue weighted by molar-refractivity contribution is 6.21. The predicted molar refractivity (Wildman–Crippen MR) is 100 cm³/mol. The molecule has 0 saturated carbocycles. The molecule has 2 heterocycles. The number of nitrogens with zero attached hydrogens (tertiary/aromatic N) is 3. The maximum absolute atomic E-state index is 12.3. The van der Waals surface area contributed by atoms with Gasteiger partial charge in [0.1, 0.15) is 0 Å². The van der Waals surface area contributed by atoms with Crippen molar-refractivity contribution in [3.63, 3.8) is 0 Å². The van der Waals surface area contributed by atoms with Crippen LogP contribution in [0.3, 0.4) is 0 Å². The van der Waals surface area contributed by atoms with E-state index < -0.39 is 5.97 Å². The smallest absolute Gasteiger partial charge is 0.338 e. The minimum absolute atomic E-state index is 0.118. The first-order valence-electron chi connectivity index (χ1n) is 8.87. The van der Waals surface area contributed by atoms with Crippen molar-refractivity contribution in [2.24, 2.45) is 0 Å². The molecule has 0 atom stereocenters. The number of fused-ring (bicyclic) bond motifs is 1. The van der Waals surface area contributed by atoms with E-state index in [0.29, 0.717) is 23.1 Å². The second-order valence-electron chi connectivity index (χ2n) is 6.29. The Morgan fingerprint density at radius 1 is 0.929 bits per heavy atom. The Bertz CT molecular complexity index is 991. The molecule has 0 unspecified atom stereocenters. The third-order valence-corrected chi connectivity index (χ3v) is 4.51. The van der Waals surface area contributed by atoms with Crippen molar-refractivity contribution in [3.05, 3.63) is 83.7 Å². The van der Waals surface area contributed by atoms with Crippen LogP contribution in [0.1, 0.15) is 37.5 Å². The van der Waals surface area contributed by atoms with Gasteiger partial charge in [-0.15, -0.1) is 0 Å². The number of carbonyl (C=O) groups excluding carboxylic acids is 3. The molecule has 2 aromatic carbocycles. The van der Waals surface area contributed by atoms with Gasteiger partial charge in [0.15, 0.2) is 0 Å². The molecule has 1 aliphatic heterocycles. The Kier molecular flexibility index (Phi) is 4.72. The number of benzene rings is 2. The molecular formula is C21H17N3O4. The highest BCUT2D eigenvalue weighted by Crippen LogP contribution is 2.22. The first kappa shape index (κ1) is 17.7. The Hall–Kier alpha value is -3.74. The van der Waals surface area contributed by atoms with E-state index in [1.54, 1.807) is 59.4 Å². The van der Waals surface area contributed by atoms with Gasteiger partial charge in [0, 0.05) is 18.9 Å². The summed E-state index contributed by atoms with van der Waals surface area (Å²) in [5.41, 5.74) is 2.10. The van der Waals surface area contributed by atoms with Gasteiger partial charge in [0.2, 0.25) is 0 Å². The molecule has 0 bridgehead atoms. The van der Waals surface area contributed by atoms with Gasteiger partial charge >= 0.3 is 5.97 Å². The number of hydrogen-bond donors (Lipinski definition) is 0. The van der Waals surface area contributed by atoms with Crippen LogP contribution in [0.5, 0.6) is 0 Å². The number of carbonyl (C=O) groups is 3. The molecule has 0 spiro atoms. The van der Waals surface area contributed by atoms with Crippen molar-refractivity contribution >= 4 is 17.8 Å². The van der Waals surface area contributed by atoms with E-state index in [1.165, 1.54) is 4.90 Å². The van der Waals surface area contributed by atoms with Crippen molar-refractivity contribution in [1.82, 2.24) is 14.7 Å². The average Bonchev–Trinajstić information content (AvgIpc) is 3.35. The second kappa shape index (κ2) is 7.48. The highest BCUT2D eigenvalue weighted by atomic mass is 16.5. The van der Waals surface area contributed by atoms with Crippen LogP contribution in [0.25, 0.3) is 5.69 Å². The van der Waals surface area contributed by atoms with Crippen molar-refractivity contribution in [2.75, 3.05) is 13.2 Å². The van der Waals surface area contributed by atoms with Crippen LogP contribution in [0, 0.1) is 0 Å². The zero-order valence-corrected chi connectivity index (χ0v) is 14.9. The summed E-state index contributed by atoms with van der Waals surface area (Å²) in [6.45, 7) is 0.324. The van der Waals surface area contributed by atoms with Crippen molar-refractivity contribution in [2.45, 2.75) is 6.42 Å². The van der Waals surface area contributed by atoms with Gasteiger partial charge in [-0.2, -0.15) is 5.10 Å². The van der Waals surface area contributed by atoms with E-state index in [1.807, 2.05) is 12.3 Å². The van der Waals surface area contributed by atoms with E-state index in [2.05, 4.69) is 5.10 Å². The van der Waals surface area contributed by atoms with E-state index >= 15 is 0 Å². The van der Waals surface area contributed by atoms with Crippen LogP contribution >= 0.6 is 0 Å². The number of imide groups is 1. The third kappa shape index (κ3) is 3.29. The van der Waals surface area contributed by atoms with Gasteiger partial charge in [-0.1, -0.05) is 12.1 Å². The summed E-state index contributed by atoms with van der Waals surface area (Å²) in [4.78, 5) is 37.9. The lowest BCUT2D eigenvalue weighted by Crippen LogP contribution is -2.31. The van der Waals surface area contributed by atoms with Crippen molar-refractivity contribution < 1.29 is 19.1 Å². The van der Waals surface area contributed by atoms with E-state index in [9.17, 15) is 14.4 Å². The van der Waals surface area contributed by atoms with Gasteiger partial charge in [-0.05, 0) is 48.9 Å².